The van der Waals surface area contributed by atoms with Crippen molar-refractivity contribution in [3.63, 3.8) is 0 Å². The highest BCUT2D eigenvalue weighted by Crippen LogP contribution is 2.36. The normalized spacial score (nSPS) is 12.9. The lowest BCUT2D eigenvalue weighted by Gasteiger charge is -2.43. The number of ketones is 1. The van der Waals surface area contributed by atoms with Gasteiger partial charge in [0.1, 0.15) is 6.04 Å². The van der Waals surface area contributed by atoms with Gasteiger partial charge in [-0.3, -0.25) is 4.79 Å². The van der Waals surface area contributed by atoms with Crippen molar-refractivity contribution in [2.75, 3.05) is 20.3 Å². The minimum Gasteiger partial charge on any atom is -0.405 e. The minimum absolute atomic E-state index is 0.00774. The van der Waals surface area contributed by atoms with E-state index in [1.807, 2.05) is 67.6 Å². The molecule has 3 rings (SSSR count). The molecule has 1 atom stereocenters. The van der Waals surface area contributed by atoms with Crippen LogP contribution in [-0.4, -0.2) is 59.4 Å². The van der Waals surface area contributed by atoms with E-state index >= 15 is 0 Å². The second-order valence-electron chi connectivity index (χ2n) is 10.6. The van der Waals surface area contributed by atoms with Crippen molar-refractivity contribution >= 4 is 40.2 Å². The highest BCUT2D eigenvalue weighted by molar-refractivity contribution is 7.89. The summed E-state index contributed by atoms with van der Waals surface area (Å²) >= 11 is 0. The number of ether oxygens (including phenoxy) is 1. The number of aryl methyl sites for hydroxylation is 1. The van der Waals surface area contributed by atoms with Crippen LogP contribution in [0.15, 0.2) is 89.8 Å². The Morgan fingerprint density at radius 2 is 1.48 bits per heavy atom. The van der Waals surface area contributed by atoms with Gasteiger partial charge in [-0.15, -0.1) is 0 Å². The third-order valence-electron chi connectivity index (χ3n) is 6.78. The average Bonchev–Trinajstić information content (AvgIpc) is 2.93. The number of sulfonamides is 1. The van der Waals surface area contributed by atoms with Gasteiger partial charge in [-0.05, 0) is 34.5 Å². The molecule has 40 heavy (non-hydrogen) atoms. The Bertz CT molecular complexity index is 1390. The maximum absolute atomic E-state index is 13.6. The molecule has 0 unspecified atom stereocenters. The molecule has 0 saturated heterocycles. The molecule has 212 valence electrons. The average molecular weight is 580 g/mol. The number of hydrogen-bond acceptors (Lipinski definition) is 5. The van der Waals surface area contributed by atoms with E-state index < -0.39 is 35.2 Å². The van der Waals surface area contributed by atoms with Gasteiger partial charge in [0.2, 0.25) is 10.0 Å². The molecule has 0 saturated carbocycles. The topological polar surface area (TPSA) is 118 Å². The molecule has 0 aliphatic heterocycles. The van der Waals surface area contributed by atoms with E-state index in [1.54, 1.807) is 12.1 Å². The van der Waals surface area contributed by atoms with E-state index in [-0.39, 0.29) is 30.2 Å². The molecule has 0 spiro atoms. The fourth-order valence-electron chi connectivity index (χ4n) is 4.73. The summed E-state index contributed by atoms with van der Waals surface area (Å²) < 4.78 is 41.3. The lowest BCUT2D eigenvalue weighted by molar-refractivity contribution is -0.119. The van der Waals surface area contributed by atoms with Gasteiger partial charge in [-0.1, -0.05) is 99.1 Å². The first kappa shape index (κ1) is 31.3. The number of benzene rings is 3. The van der Waals surface area contributed by atoms with Crippen molar-refractivity contribution in [3.05, 3.63) is 96.0 Å². The van der Waals surface area contributed by atoms with Gasteiger partial charge < -0.3 is 14.7 Å². The molecule has 3 aromatic rings. The van der Waals surface area contributed by atoms with Crippen molar-refractivity contribution in [2.24, 2.45) is 0 Å². The highest BCUT2D eigenvalue weighted by Gasteiger charge is 2.51. The van der Waals surface area contributed by atoms with Gasteiger partial charge in [0.25, 0.3) is 14.1 Å². The maximum atomic E-state index is 13.6. The molecule has 0 radical (unpaired) electrons. The number of Topliss-reactive ketones (excluding diaryl/α,β-unsaturated/α-hetero) is 1. The summed E-state index contributed by atoms with van der Waals surface area (Å²) in [5.74, 6) is -0.687. The van der Waals surface area contributed by atoms with Crippen LogP contribution in [-0.2, 0) is 24.0 Å². The molecule has 1 N–H and O–H groups in total. The summed E-state index contributed by atoms with van der Waals surface area (Å²) in [7, 11) is -5.76. The molecule has 3 aromatic carbocycles. The van der Waals surface area contributed by atoms with Gasteiger partial charge in [0, 0.05) is 7.11 Å². The van der Waals surface area contributed by atoms with Crippen molar-refractivity contribution < 1.29 is 27.2 Å². The van der Waals surface area contributed by atoms with Gasteiger partial charge in [-0.25, -0.2) is 8.42 Å². The fraction of sp³-hybridized carbons (Fsp3) is 0.333. The van der Waals surface area contributed by atoms with Crippen LogP contribution in [0.2, 0.25) is 5.04 Å². The van der Waals surface area contributed by atoms with E-state index in [2.05, 4.69) is 30.3 Å². The van der Waals surface area contributed by atoms with Crippen LogP contribution in [0, 0.1) is 6.92 Å². The number of methoxy groups -OCH3 is 1. The minimum atomic E-state index is -4.12. The third kappa shape index (κ3) is 7.09. The number of hydrogen-bond donors (Lipinski definition) is 1. The Hall–Kier alpha value is -3.24. The van der Waals surface area contributed by atoms with Crippen molar-refractivity contribution in [1.29, 1.82) is 0 Å². The summed E-state index contributed by atoms with van der Waals surface area (Å²) in [4.78, 5) is 16.8. The third-order valence-corrected chi connectivity index (χ3v) is 13.3. The molecule has 0 heterocycles. The fourth-order valence-corrected chi connectivity index (χ4v) is 10.5. The summed E-state index contributed by atoms with van der Waals surface area (Å²) in [5.41, 5.74) is 10.3. The molecule has 10 heteroatoms. The molecule has 0 amide bonds. The Morgan fingerprint density at radius 3 is 1.93 bits per heavy atom. The number of carbonyl (C=O) groups is 1. The lowest BCUT2D eigenvalue weighted by Crippen LogP contribution is -2.67. The quantitative estimate of drug-likeness (QED) is 0.144. The van der Waals surface area contributed by atoms with Gasteiger partial charge >= 0.3 is 5.71 Å². The molecule has 0 bridgehead atoms. The van der Waals surface area contributed by atoms with Crippen LogP contribution in [0.3, 0.4) is 0 Å². The second-order valence-corrected chi connectivity index (χ2v) is 16.6. The number of rotatable bonds is 13. The Balaban J connectivity index is 2.10. The Labute approximate surface area is 238 Å². The summed E-state index contributed by atoms with van der Waals surface area (Å²) in [6.07, 6.45) is 0.00774. The first-order valence-corrected chi connectivity index (χ1v) is 16.4. The highest BCUT2D eigenvalue weighted by atomic mass is 32.2. The predicted molar refractivity (Wildman–Crippen MR) is 159 cm³/mol. The van der Waals surface area contributed by atoms with Crippen LogP contribution in [0.1, 0.15) is 32.8 Å². The summed E-state index contributed by atoms with van der Waals surface area (Å²) in [6, 6.07) is 24.7. The van der Waals surface area contributed by atoms with Crippen LogP contribution < -0.4 is 15.1 Å². The molecule has 0 aliphatic rings. The monoisotopic (exact) mass is 579 g/mol. The second kappa shape index (κ2) is 13.4. The zero-order valence-corrected chi connectivity index (χ0v) is 25.4. The molecule has 8 nitrogen and oxygen atoms in total. The molecule has 0 aromatic heterocycles. The predicted octanol–water partition coefficient (Wildman–Crippen LogP) is 3.49. The van der Waals surface area contributed by atoms with E-state index in [4.69, 9.17) is 9.16 Å². The van der Waals surface area contributed by atoms with Crippen molar-refractivity contribution in [2.45, 2.75) is 50.1 Å². The van der Waals surface area contributed by atoms with Gasteiger partial charge in [0.05, 0.1) is 24.5 Å². The summed E-state index contributed by atoms with van der Waals surface area (Å²) in [5, 5.41) is 1.57. The van der Waals surface area contributed by atoms with Crippen LogP contribution in [0.5, 0.6) is 0 Å². The zero-order chi connectivity index (χ0) is 29.4. The van der Waals surface area contributed by atoms with Crippen LogP contribution in [0.4, 0.5) is 0 Å². The number of nitrogens with zero attached hydrogens (tertiary/aromatic N) is 2. The lowest BCUT2D eigenvalue weighted by atomic mass is 10.1. The first-order chi connectivity index (χ1) is 19.0. The van der Waals surface area contributed by atoms with Gasteiger partial charge in [0.15, 0.2) is 0 Å². The van der Waals surface area contributed by atoms with Crippen molar-refractivity contribution in [3.8, 4) is 0 Å². The molecule has 0 aliphatic carbocycles. The van der Waals surface area contributed by atoms with E-state index in [9.17, 15) is 18.7 Å². The SMILES string of the molecule is COCCC(=[N+]=[N-])C(=O)[C@H](CO[Si](c1ccccc1)(c1ccccc1)C(C)(C)C)NS(=O)(=O)c1ccc(C)cc1. The Morgan fingerprint density at radius 1 is 0.950 bits per heavy atom. The van der Waals surface area contributed by atoms with E-state index in [0.29, 0.717) is 0 Å². The van der Waals surface area contributed by atoms with Crippen molar-refractivity contribution in [1.82, 2.24) is 4.72 Å². The van der Waals surface area contributed by atoms with Gasteiger partial charge in [-0.2, -0.15) is 9.51 Å². The van der Waals surface area contributed by atoms with E-state index in [1.165, 1.54) is 19.2 Å². The van der Waals surface area contributed by atoms with Crippen LogP contribution in [0.25, 0.3) is 5.53 Å². The summed E-state index contributed by atoms with van der Waals surface area (Å²) in [6.45, 7) is 7.97. The molecular weight excluding hydrogens is 542 g/mol. The molecule has 0 fully saturated rings. The smallest absolute Gasteiger partial charge is 0.338 e. The molecular formula is C30H37N3O5SSi. The number of carbonyl (C=O) groups excluding carboxylic acids is 1. The first-order valence-electron chi connectivity index (χ1n) is 13.0. The van der Waals surface area contributed by atoms with E-state index in [0.717, 1.165) is 15.9 Å². The largest absolute Gasteiger partial charge is 0.405 e. The zero-order valence-electron chi connectivity index (χ0n) is 23.6. The standard InChI is InChI=1S/C30H37N3O5SSi/c1-23-16-18-24(19-17-23)39(35,36)33-28(29(34)27(32-31)20-21-37-5)22-38-40(30(2,3)4,25-12-8-6-9-13-25)26-14-10-7-11-15-26/h6-19,28,33H,20-22H2,1-5H3/t28-/m0/s1. The Kier molecular flexibility index (Phi) is 10.5. The maximum Gasteiger partial charge on any atom is 0.338 e. The van der Waals surface area contributed by atoms with Crippen LogP contribution >= 0.6 is 0 Å². The number of nitrogens with one attached hydrogen (secondary N) is 1.